The van der Waals surface area contributed by atoms with Gasteiger partial charge in [0.1, 0.15) is 0 Å². The van der Waals surface area contributed by atoms with Gasteiger partial charge in [-0.15, -0.1) is 0 Å². The van der Waals surface area contributed by atoms with Gasteiger partial charge in [-0.25, -0.2) is 0 Å². The zero-order valence-electron chi connectivity index (χ0n) is 36.7. The minimum absolute atomic E-state index is 0.101. The van der Waals surface area contributed by atoms with Crippen LogP contribution in [0.1, 0.15) is 88.1 Å². The van der Waals surface area contributed by atoms with E-state index in [0.29, 0.717) is 0 Å². The summed E-state index contributed by atoms with van der Waals surface area (Å²) in [5.74, 6) is 0. The van der Waals surface area contributed by atoms with Crippen molar-refractivity contribution in [1.29, 1.82) is 0 Å². The Labute approximate surface area is 367 Å². The standard InChI is InChI=1S/C60H54N2/c1-6-7-8-9-16-40-23-28-44(29-24-40)62-57-22-15-12-19-51(57)52-34-27-42(37-58(52)62)41-25-30-43(31-26-41)61(45-32-35-49-47-17-10-13-20-53(47)59(2,3)55(49)38-45)46-33-36-50-48-18-11-14-21-54(48)60(4,5)56(50)39-46/h10-15,17-39H,6-9,16H2,1-5H3. The van der Waals surface area contributed by atoms with Crippen LogP contribution in [0.4, 0.5) is 17.1 Å². The Bertz CT molecular complexity index is 3050. The second-order valence-corrected chi connectivity index (χ2v) is 18.7. The highest BCUT2D eigenvalue weighted by Gasteiger charge is 2.37. The van der Waals surface area contributed by atoms with Crippen molar-refractivity contribution in [3.8, 4) is 39.1 Å². The molecule has 304 valence electrons. The summed E-state index contributed by atoms with van der Waals surface area (Å²) in [5, 5.41) is 2.56. The molecule has 0 atom stereocenters. The van der Waals surface area contributed by atoms with Gasteiger partial charge in [-0.05, 0) is 135 Å². The van der Waals surface area contributed by atoms with Crippen molar-refractivity contribution in [3.05, 3.63) is 204 Å². The first-order chi connectivity index (χ1) is 30.2. The maximum Gasteiger partial charge on any atom is 0.0547 e. The van der Waals surface area contributed by atoms with E-state index in [1.54, 1.807) is 0 Å². The van der Waals surface area contributed by atoms with Gasteiger partial charge in [0.05, 0.1) is 11.0 Å². The lowest BCUT2D eigenvalue weighted by Crippen LogP contribution is -2.18. The summed E-state index contributed by atoms with van der Waals surface area (Å²) in [6.45, 7) is 11.8. The van der Waals surface area contributed by atoms with Crippen LogP contribution in [-0.2, 0) is 17.3 Å². The van der Waals surface area contributed by atoms with Crippen molar-refractivity contribution in [2.24, 2.45) is 0 Å². The van der Waals surface area contributed by atoms with E-state index >= 15 is 0 Å². The number of rotatable bonds is 10. The van der Waals surface area contributed by atoms with Crippen LogP contribution in [0.3, 0.4) is 0 Å². The van der Waals surface area contributed by atoms with E-state index in [-0.39, 0.29) is 10.8 Å². The Morgan fingerprint density at radius 2 is 0.952 bits per heavy atom. The van der Waals surface area contributed by atoms with E-state index in [0.717, 1.165) is 12.1 Å². The SMILES string of the molecule is CCCCCCc1ccc(-n2c3ccccc3c3ccc(-c4ccc(N(c5ccc6c(c5)C(C)(C)c5ccccc5-6)c5ccc6c(c5)C(C)(C)c5ccccc5-6)cc4)cc32)cc1. The average molecular weight is 803 g/mol. The monoisotopic (exact) mass is 802 g/mol. The third kappa shape index (κ3) is 6.06. The van der Waals surface area contributed by atoms with Crippen molar-refractivity contribution in [2.45, 2.75) is 77.6 Å². The topological polar surface area (TPSA) is 8.17 Å². The molecule has 0 radical (unpaired) electrons. The second kappa shape index (κ2) is 14.8. The van der Waals surface area contributed by atoms with Crippen molar-refractivity contribution in [3.63, 3.8) is 0 Å². The molecule has 9 aromatic rings. The van der Waals surface area contributed by atoms with Gasteiger partial charge in [0.2, 0.25) is 0 Å². The van der Waals surface area contributed by atoms with E-state index in [2.05, 4.69) is 220 Å². The van der Waals surface area contributed by atoms with Crippen molar-refractivity contribution >= 4 is 38.9 Å². The molecule has 0 N–H and O–H groups in total. The predicted molar refractivity (Wildman–Crippen MR) is 264 cm³/mol. The number of anilines is 3. The molecule has 2 heteroatoms. The molecular formula is C60H54N2. The summed E-state index contributed by atoms with van der Waals surface area (Å²) in [6, 6.07) is 66.5. The Balaban J connectivity index is 1.00. The van der Waals surface area contributed by atoms with E-state index in [4.69, 9.17) is 0 Å². The number of aryl methyl sites for hydroxylation is 1. The smallest absolute Gasteiger partial charge is 0.0547 e. The van der Waals surface area contributed by atoms with Crippen LogP contribution in [0.25, 0.3) is 60.9 Å². The first-order valence-corrected chi connectivity index (χ1v) is 22.7. The fraction of sp³-hybridized carbons (Fsp3) is 0.200. The number of fused-ring (bicyclic) bond motifs is 9. The summed E-state index contributed by atoms with van der Waals surface area (Å²) in [4.78, 5) is 2.47. The van der Waals surface area contributed by atoms with Gasteiger partial charge in [-0.1, -0.05) is 169 Å². The largest absolute Gasteiger partial charge is 0.310 e. The minimum Gasteiger partial charge on any atom is -0.310 e. The summed E-state index contributed by atoms with van der Waals surface area (Å²) in [7, 11) is 0. The van der Waals surface area contributed by atoms with Gasteiger partial charge in [0, 0.05) is 44.4 Å². The number of hydrogen-bond acceptors (Lipinski definition) is 1. The first-order valence-electron chi connectivity index (χ1n) is 22.7. The molecular weight excluding hydrogens is 749 g/mol. The predicted octanol–water partition coefficient (Wildman–Crippen LogP) is 16.7. The Morgan fingerprint density at radius 1 is 0.419 bits per heavy atom. The maximum atomic E-state index is 2.47. The van der Waals surface area contributed by atoms with Gasteiger partial charge in [0.25, 0.3) is 0 Å². The number of hydrogen-bond donors (Lipinski definition) is 0. The average Bonchev–Trinajstić information content (AvgIpc) is 3.85. The van der Waals surface area contributed by atoms with Crippen LogP contribution in [-0.4, -0.2) is 4.57 Å². The van der Waals surface area contributed by atoms with Gasteiger partial charge < -0.3 is 9.47 Å². The van der Waals surface area contributed by atoms with Gasteiger partial charge in [-0.3, -0.25) is 0 Å². The number of unbranched alkanes of at least 4 members (excludes halogenated alkanes) is 3. The third-order valence-electron chi connectivity index (χ3n) is 14.3. The maximum absolute atomic E-state index is 2.47. The van der Waals surface area contributed by atoms with Crippen LogP contribution in [0, 0.1) is 0 Å². The van der Waals surface area contributed by atoms with Crippen LogP contribution >= 0.6 is 0 Å². The lowest BCUT2D eigenvalue weighted by molar-refractivity contribution is 0.660. The molecule has 0 aliphatic heterocycles. The molecule has 1 aromatic heterocycles. The number of para-hydroxylation sites is 1. The van der Waals surface area contributed by atoms with Gasteiger partial charge in [0.15, 0.2) is 0 Å². The molecule has 0 saturated heterocycles. The molecule has 8 aromatic carbocycles. The quantitative estimate of drug-likeness (QED) is 0.125. The number of benzene rings is 8. The fourth-order valence-electron chi connectivity index (χ4n) is 10.9. The Hall–Kier alpha value is -6.64. The molecule has 11 rings (SSSR count). The van der Waals surface area contributed by atoms with E-state index in [9.17, 15) is 0 Å². The Morgan fingerprint density at radius 3 is 1.58 bits per heavy atom. The van der Waals surface area contributed by atoms with E-state index in [1.807, 2.05) is 0 Å². The molecule has 0 spiro atoms. The zero-order chi connectivity index (χ0) is 42.2. The molecule has 62 heavy (non-hydrogen) atoms. The van der Waals surface area contributed by atoms with Crippen molar-refractivity contribution in [2.75, 3.05) is 4.90 Å². The molecule has 0 amide bonds. The lowest BCUT2D eigenvalue weighted by atomic mass is 9.82. The first kappa shape index (κ1) is 38.3. The summed E-state index contributed by atoms with van der Waals surface area (Å²) < 4.78 is 2.45. The number of aromatic nitrogens is 1. The summed E-state index contributed by atoms with van der Waals surface area (Å²) >= 11 is 0. The van der Waals surface area contributed by atoms with Crippen LogP contribution < -0.4 is 4.90 Å². The lowest BCUT2D eigenvalue weighted by Gasteiger charge is -2.30. The van der Waals surface area contributed by atoms with Gasteiger partial charge in [-0.2, -0.15) is 0 Å². The fourth-order valence-corrected chi connectivity index (χ4v) is 10.9. The Kier molecular flexibility index (Phi) is 9.12. The molecule has 0 bridgehead atoms. The van der Waals surface area contributed by atoms with Crippen molar-refractivity contribution < 1.29 is 0 Å². The highest BCUT2D eigenvalue weighted by molar-refractivity contribution is 6.10. The molecule has 2 aliphatic carbocycles. The van der Waals surface area contributed by atoms with Gasteiger partial charge >= 0.3 is 0 Å². The van der Waals surface area contributed by atoms with E-state index in [1.165, 1.54) is 126 Å². The summed E-state index contributed by atoms with van der Waals surface area (Å²) in [5.41, 5.74) is 21.7. The normalized spacial score (nSPS) is 14.1. The van der Waals surface area contributed by atoms with Crippen LogP contribution in [0.5, 0.6) is 0 Å². The highest BCUT2D eigenvalue weighted by Crippen LogP contribution is 2.53. The third-order valence-corrected chi connectivity index (χ3v) is 14.3. The molecule has 0 fully saturated rings. The van der Waals surface area contributed by atoms with Crippen LogP contribution in [0.15, 0.2) is 176 Å². The number of nitrogens with zero attached hydrogens (tertiary/aromatic N) is 2. The molecule has 1 heterocycles. The van der Waals surface area contributed by atoms with Crippen molar-refractivity contribution in [1.82, 2.24) is 4.57 Å². The molecule has 0 unspecified atom stereocenters. The summed E-state index contributed by atoms with van der Waals surface area (Å²) in [6.07, 6.45) is 6.28. The molecule has 2 nitrogen and oxygen atoms in total. The minimum atomic E-state index is -0.101. The van der Waals surface area contributed by atoms with E-state index < -0.39 is 0 Å². The van der Waals surface area contributed by atoms with Crippen LogP contribution in [0.2, 0.25) is 0 Å². The highest BCUT2D eigenvalue weighted by atomic mass is 15.1. The second-order valence-electron chi connectivity index (χ2n) is 18.7. The molecule has 0 saturated carbocycles. The zero-order valence-corrected chi connectivity index (χ0v) is 36.7. The molecule has 2 aliphatic rings.